The number of carbonyl (C=O) groups is 1. The molecule has 0 radical (unpaired) electrons. The molecule has 0 aromatic carbocycles. The lowest BCUT2D eigenvalue weighted by molar-refractivity contribution is -0.133. The summed E-state index contributed by atoms with van der Waals surface area (Å²) in [6.07, 6.45) is 2.51. The quantitative estimate of drug-likeness (QED) is 0.816. The molecule has 2 rings (SSSR count). The largest absolute Gasteiger partial charge is 0.469 e. The molecule has 1 aromatic heterocycles. The Labute approximate surface area is 94.9 Å². The van der Waals surface area contributed by atoms with Gasteiger partial charge in [-0.3, -0.25) is 4.79 Å². The number of rotatable bonds is 5. The summed E-state index contributed by atoms with van der Waals surface area (Å²) in [6, 6.07) is 3.76. The molecule has 4 heteroatoms. The van der Waals surface area contributed by atoms with Crippen molar-refractivity contribution in [2.45, 2.75) is 19.3 Å². The lowest BCUT2D eigenvalue weighted by Gasteiger charge is -2.19. The molecule has 0 saturated heterocycles. The molecule has 1 saturated carbocycles. The molecular weight excluding hydrogens is 206 g/mol. The van der Waals surface area contributed by atoms with E-state index in [9.17, 15) is 4.79 Å². The first kappa shape index (κ1) is 11.2. The standard InChI is InChI=1S/C12H17NO3/c1-2-13(5-6-14)12(15)10-8-9(10)11-4-3-7-16-11/h3-4,7,9-10,14H,2,5-6,8H2,1H3. The summed E-state index contributed by atoms with van der Waals surface area (Å²) in [5.74, 6) is 1.34. The number of aliphatic hydroxyl groups excluding tert-OH is 1. The molecule has 1 amide bonds. The molecule has 0 spiro atoms. The maximum absolute atomic E-state index is 12.0. The first-order valence-corrected chi connectivity index (χ1v) is 5.71. The number of hydrogen-bond donors (Lipinski definition) is 1. The smallest absolute Gasteiger partial charge is 0.226 e. The van der Waals surface area contributed by atoms with Gasteiger partial charge in [-0.15, -0.1) is 0 Å². The molecule has 4 nitrogen and oxygen atoms in total. The Kier molecular flexibility index (Phi) is 3.29. The average Bonchev–Trinajstić information content (AvgIpc) is 2.91. The SMILES string of the molecule is CCN(CCO)C(=O)C1CC1c1ccco1. The lowest BCUT2D eigenvalue weighted by atomic mass is 10.2. The third kappa shape index (κ3) is 2.11. The maximum Gasteiger partial charge on any atom is 0.226 e. The third-order valence-corrected chi connectivity index (χ3v) is 3.08. The Morgan fingerprint density at radius 1 is 1.69 bits per heavy atom. The molecule has 0 bridgehead atoms. The fraction of sp³-hybridized carbons (Fsp3) is 0.583. The summed E-state index contributed by atoms with van der Waals surface area (Å²) in [7, 11) is 0. The molecule has 2 atom stereocenters. The van der Waals surface area contributed by atoms with Crippen LogP contribution in [0.5, 0.6) is 0 Å². The second-order valence-corrected chi connectivity index (χ2v) is 4.11. The molecule has 1 aliphatic rings. The minimum absolute atomic E-state index is 0.0255. The van der Waals surface area contributed by atoms with Crippen molar-refractivity contribution in [3.63, 3.8) is 0 Å². The van der Waals surface area contributed by atoms with Gasteiger partial charge in [0.25, 0.3) is 0 Å². The van der Waals surface area contributed by atoms with Crippen LogP contribution in [0.15, 0.2) is 22.8 Å². The van der Waals surface area contributed by atoms with E-state index in [1.165, 1.54) is 0 Å². The number of aliphatic hydroxyl groups is 1. The minimum Gasteiger partial charge on any atom is -0.469 e. The van der Waals surface area contributed by atoms with E-state index in [1.54, 1.807) is 11.2 Å². The highest BCUT2D eigenvalue weighted by atomic mass is 16.3. The van der Waals surface area contributed by atoms with Crippen molar-refractivity contribution in [3.05, 3.63) is 24.2 Å². The zero-order chi connectivity index (χ0) is 11.5. The van der Waals surface area contributed by atoms with E-state index >= 15 is 0 Å². The fourth-order valence-corrected chi connectivity index (χ4v) is 2.06. The van der Waals surface area contributed by atoms with Crippen molar-refractivity contribution < 1.29 is 14.3 Å². The molecule has 1 fully saturated rings. The van der Waals surface area contributed by atoms with Crippen LogP contribution in [-0.4, -0.2) is 35.6 Å². The monoisotopic (exact) mass is 223 g/mol. The van der Waals surface area contributed by atoms with Crippen molar-refractivity contribution in [2.75, 3.05) is 19.7 Å². The molecule has 1 heterocycles. The molecule has 16 heavy (non-hydrogen) atoms. The highest BCUT2D eigenvalue weighted by Crippen LogP contribution is 2.48. The van der Waals surface area contributed by atoms with Crippen LogP contribution >= 0.6 is 0 Å². The molecular formula is C12H17NO3. The highest BCUT2D eigenvalue weighted by molar-refractivity contribution is 5.82. The molecule has 1 aromatic rings. The van der Waals surface area contributed by atoms with Gasteiger partial charge in [-0.05, 0) is 25.5 Å². The van der Waals surface area contributed by atoms with E-state index < -0.39 is 0 Å². The second kappa shape index (κ2) is 4.70. The van der Waals surface area contributed by atoms with E-state index in [-0.39, 0.29) is 24.3 Å². The Balaban J connectivity index is 1.93. The summed E-state index contributed by atoms with van der Waals surface area (Å²) in [5, 5.41) is 8.86. The summed E-state index contributed by atoms with van der Waals surface area (Å²) in [5.41, 5.74) is 0. The molecule has 0 aliphatic heterocycles. The van der Waals surface area contributed by atoms with Gasteiger partial charge in [0.2, 0.25) is 5.91 Å². The number of hydrogen-bond acceptors (Lipinski definition) is 3. The minimum atomic E-state index is 0.0255. The Hall–Kier alpha value is -1.29. The van der Waals surface area contributed by atoms with Crippen molar-refractivity contribution >= 4 is 5.91 Å². The van der Waals surface area contributed by atoms with Crippen LogP contribution in [0, 0.1) is 5.92 Å². The summed E-state index contributed by atoms with van der Waals surface area (Å²) in [6.45, 7) is 3.03. The number of nitrogens with zero attached hydrogens (tertiary/aromatic N) is 1. The molecule has 1 aliphatic carbocycles. The van der Waals surface area contributed by atoms with Crippen LogP contribution in [0.1, 0.15) is 25.0 Å². The van der Waals surface area contributed by atoms with Gasteiger partial charge in [0.05, 0.1) is 12.9 Å². The molecule has 1 N–H and O–H groups in total. The van der Waals surface area contributed by atoms with Gasteiger partial charge in [0.1, 0.15) is 5.76 Å². The Morgan fingerprint density at radius 2 is 2.50 bits per heavy atom. The van der Waals surface area contributed by atoms with Crippen LogP contribution in [0.4, 0.5) is 0 Å². The third-order valence-electron chi connectivity index (χ3n) is 3.08. The van der Waals surface area contributed by atoms with Crippen molar-refractivity contribution in [3.8, 4) is 0 Å². The van der Waals surface area contributed by atoms with E-state index in [1.807, 2.05) is 19.1 Å². The van der Waals surface area contributed by atoms with Crippen LogP contribution in [0.25, 0.3) is 0 Å². The Morgan fingerprint density at radius 3 is 3.06 bits per heavy atom. The second-order valence-electron chi connectivity index (χ2n) is 4.11. The lowest BCUT2D eigenvalue weighted by Crippen LogP contribution is -2.34. The van der Waals surface area contributed by atoms with E-state index in [4.69, 9.17) is 9.52 Å². The van der Waals surface area contributed by atoms with Gasteiger partial charge < -0.3 is 14.4 Å². The van der Waals surface area contributed by atoms with Crippen LogP contribution in [0.2, 0.25) is 0 Å². The maximum atomic E-state index is 12.0. The van der Waals surface area contributed by atoms with Gasteiger partial charge >= 0.3 is 0 Å². The van der Waals surface area contributed by atoms with Gasteiger partial charge in [-0.1, -0.05) is 0 Å². The van der Waals surface area contributed by atoms with E-state index in [0.29, 0.717) is 13.1 Å². The van der Waals surface area contributed by atoms with Crippen molar-refractivity contribution in [2.24, 2.45) is 5.92 Å². The Bertz CT molecular complexity index is 347. The average molecular weight is 223 g/mol. The van der Waals surface area contributed by atoms with Crippen molar-refractivity contribution in [1.29, 1.82) is 0 Å². The van der Waals surface area contributed by atoms with Gasteiger partial charge in [-0.2, -0.15) is 0 Å². The first-order valence-electron chi connectivity index (χ1n) is 5.71. The number of carbonyl (C=O) groups excluding carboxylic acids is 1. The molecule has 2 unspecified atom stereocenters. The topological polar surface area (TPSA) is 53.7 Å². The van der Waals surface area contributed by atoms with Gasteiger partial charge in [-0.25, -0.2) is 0 Å². The predicted octanol–water partition coefficient (Wildman–Crippen LogP) is 1.22. The van der Waals surface area contributed by atoms with Crippen molar-refractivity contribution in [1.82, 2.24) is 4.90 Å². The summed E-state index contributed by atoms with van der Waals surface area (Å²) >= 11 is 0. The fourth-order valence-electron chi connectivity index (χ4n) is 2.06. The van der Waals surface area contributed by atoms with E-state index in [2.05, 4.69) is 0 Å². The summed E-state index contributed by atoms with van der Waals surface area (Å²) in [4.78, 5) is 13.7. The number of furan rings is 1. The van der Waals surface area contributed by atoms with Crippen LogP contribution in [0.3, 0.4) is 0 Å². The number of amides is 1. The van der Waals surface area contributed by atoms with E-state index in [0.717, 1.165) is 12.2 Å². The van der Waals surface area contributed by atoms with Gasteiger partial charge in [0.15, 0.2) is 0 Å². The predicted molar refractivity (Wildman–Crippen MR) is 58.9 cm³/mol. The summed E-state index contributed by atoms with van der Waals surface area (Å²) < 4.78 is 5.29. The van der Waals surface area contributed by atoms with Crippen LogP contribution in [-0.2, 0) is 4.79 Å². The number of likely N-dealkylation sites (N-methyl/N-ethyl adjacent to an activating group) is 1. The zero-order valence-electron chi connectivity index (χ0n) is 9.43. The van der Waals surface area contributed by atoms with Crippen LogP contribution < -0.4 is 0 Å². The zero-order valence-corrected chi connectivity index (χ0v) is 9.43. The highest BCUT2D eigenvalue weighted by Gasteiger charge is 2.47. The normalized spacial score (nSPS) is 23.1. The first-order chi connectivity index (χ1) is 7.77. The molecule has 88 valence electrons. The van der Waals surface area contributed by atoms with Gasteiger partial charge in [0, 0.05) is 24.9 Å².